The first-order valence-electron chi connectivity index (χ1n) is 12.6. The molecule has 1 heterocycles. The highest BCUT2D eigenvalue weighted by Crippen LogP contribution is 2.32. The van der Waals surface area contributed by atoms with E-state index in [0.717, 1.165) is 29.8 Å². The number of hydrogen-bond acceptors (Lipinski definition) is 5. The number of carboxylic acid groups (broad SMARTS) is 1. The number of benzene rings is 2. The minimum atomic E-state index is -1.10. The van der Waals surface area contributed by atoms with Gasteiger partial charge in [0.2, 0.25) is 0 Å². The summed E-state index contributed by atoms with van der Waals surface area (Å²) in [4.78, 5) is 12.3. The third-order valence-corrected chi connectivity index (χ3v) is 5.17. The summed E-state index contributed by atoms with van der Waals surface area (Å²) >= 11 is 6.04. The Labute approximate surface area is 232 Å². The van der Waals surface area contributed by atoms with Crippen LogP contribution in [0.5, 0.6) is 0 Å². The second-order valence-electron chi connectivity index (χ2n) is 8.11. The van der Waals surface area contributed by atoms with Gasteiger partial charge in [0, 0.05) is 28.2 Å². The standard InChI is InChI=1S/C26H28ClN3O3.C3H8.C2H2/c1-3-5-7-12-22-23(29-21-15-13-20(27)14-16-21)17-30(28-4-2)24(26(31)32)25(22)33-18-19-10-8-6-9-11-19;1-3-2;1-2/h4,6-16,29H,3,5,17-18H2,1-2H3,(H,31,32);3H2,1-2H3;1-2H/b12-7-,28-4-;;. The molecule has 7 heteroatoms. The molecule has 2 aromatic carbocycles. The minimum Gasteiger partial charge on any atom is -0.486 e. The molecule has 0 amide bonds. The fourth-order valence-electron chi connectivity index (χ4n) is 3.38. The Hall–Kier alpha value is -3.95. The van der Waals surface area contributed by atoms with Crippen LogP contribution in [0.4, 0.5) is 5.69 Å². The summed E-state index contributed by atoms with van der Waals surface area (Å²) in [5.74, 6) is -0.831. The number of aliphatic carboxylic acids is 1. The van der Waals surface area contributed by atoms with Gasteiger partial charge in [0.15, 0.2) is 11.5 Å². The van der Waals surface area contributed by atoms with Crippen LogP contribution in [-0.4, -0.2) is 28.8 Å². The molecule has 0 atom stereocenters. The number of nitrogens with zero attached hydrogens (tertiary/aromatic N) is 2. The maximum Gasteiger partial charge on any atom is 0.358 e. The van der Waals surface area contributed by atoms with Crippen molar-refractivity contribution in [2.45, 2.75) is 53.6 Å². The van der Waals surface area contributed by atoms with Crippen molar-refractivity contribution in [3.8, 4) is 12.8 Å². The number of nitrogens with one attached hydrogen (secondary N) is 1. The largest absolute Gasteiger partial charge is 0.486 e. The molecule has 0 bridgehead atoms. The zero-order valence-electron chi connectivity index (χ0n) is 22.7. The highest BCUT2D eigenvalue weighted by atomic mass is 35.5. The Bertz CT molecular complexity index is 1130. The predicted octanol–water partition coefficient (Wildman–Crippen LogP) is 7.86. The molecule has 0 saturated carbocycles. The van der Waals surface area contributed by atoms with Gasteiger partial charge in [-0.15, -0.1) is 12.8 Å². The SMILES string of the molecule is C#C.C/C=N\N1CC(Nc2ccc(Cl)cc2)=C(/C=C\CCC)C(OCc2ccccc2)=C1C(=O)O.CCC. The Morgan fingerprint density at radius 2 is 1.76 bits per heavy atom. The maximum atomic E-state index is 12.3. The molecule has 0 unspecified atom stereocenters. The summed E-state index contributed by atoms with van der Waals surface area (Å²) in [6, 6.07) is 17.0. The summed E-state index contributed by atoms with van der Waals surface area (Å²) in [5.41, 5.74) is 3.24. The third kappa shape index (κ3) is 10.2. The summed E-state index contributed by atoms with van der Waals surface area (Å²) in [7, 11) is 0. The first-order chi connectivity index (χ1) is 18.4. The van der Waals surface area contributed by atoms with E-state index in [1.54, 1.807) is 25.3 Å². The van der Waals surface area contributed by atoms with Gasteiger partial charge in [0.1, 0.15) is 6.61 Å². The zero-order valence-corrected chi connectivity index (χ0v) is 23.4. The molecule has 1 aliphatic heterocycles. The van der Waals surface area contributed by atoms with Crippen LogP contribution in [0.3, 0.4) is 0 Å². The Morgan fingerprint density at radius 3 is 2.32 bits per heavy atom. The summed E-state index contributed by atoms with van der Waals surface area (Å²) in [6.07, 6.45) is 16.6. The zero-order chi connectivity index (χ0) is 28.3. The van der Waals surface area contributed by atoms with Crippen molar-refractivity contribution in [2.24, 2.45) is 5.10 Å². The number of unbranched alkanes of at least 4 members (excludes halogenated alkanes) is 1. The molecule has 0 fully saturated rings. The molecule has 3 rings (SSSR count). The second kappa shape index (κ2) is 18.3. The molecule has 38 heavy (non-hydrogen) atoms. The normalized spacial score (nSPS) is 13.1. The van der Waals surface area contributed by atoms with Gasteiger partial charge in [-0.3, -0.25) is 0 Å². The average molecular weight is 536 g/mol. The molecule has 0 spiro atoms. The molecule has 6 nitrogen and oxygen atoms in total. The van der Waals surface area contributed by atoms with Crippen molar-refractivity contribution in [1.29, 1.82) is 0 Å². The van der Waals surface area contributed by atoms with Gasteiger partial charge in [0.05, 0.1) is 6.54 Å². The number of ether oxygens (including phenoxy) is 1. The number of halogens is 1. The summed E-state index contributed by atoms with van der Waals surface area (Å²) in [6.45, 7) is 8.57. The molecule has 0 aromatic heterocycles. The van der Waals surface area contributed by atoms with Gasteiger partial charge < -0.3 is 15.2 Å². The van der Waals surface area contributed by atoms with Gasteiger partial charge >= 0.3 is 5.97 Å². The molecular formula is C31H38ClN3O3. The van der Waals surface area contributed by atoms with Gasteiger partial charge in [0.25, 0.3) is 0 Å². The van der Waals surface area contributed by atoms with E-state index in [9.17, 15) is 9.90 Å². The molecule has 2 N–H and O–H groups in total. The molecule has 2 aromatic rings. The minimum absolute atomic E-state index is 0.00170. The molecule has 202 valence electrons. The number of carbonyl (C=O) groups is 1. The Balaban J connectivity index is 0.00000135. The van der Waals surface area contributed by atoms with Gasteiger partial charge in [-0.25, -0.2) is 9.80 Å². The number of hydrogen-bond donors (Lipinski definition) is 2. The summed E-state index contributed by atoms with van der Waals surface area (Å²) < 4.78 is 6.16. The lowest BCUT2D eigenvalue weighted by Crippen LogP contribution is -2.33. The molecule has 0 aliphatic carbocycles. The van der Waals surface area contributed by atoms with Crippen LogP contribution in [0.2, 0.25) is 5.02 Å². The van der Waals surface area contributed by atoms with Gasteiger partial charge in [-0.1, -0.05) is 87.7 Å². The molecular weight excluding hydrogens is 498 g/mol. The first-order valence-corrected chi connectivity index (χ1v) is 13.0. The molecule has 0 saturated heterocycles. The number of hydrazone groups is 1. The van der Waals surface area contributed by atoms with Crippen molar-refractivity contribution in [3.63, 3.8) is 0 Å². The average Bonchev–Trinajstić information content (AvgIpc) is 2.92. The number of carboxylic acids is 1. The lowest BCUT2D eigenvalue weighted by molar-refractivity contribution is -0.134. The van der Waals surface area contributed by atoms with E-state index in [1.165, 1.54) is 11.4 Å². The smallest absolute Gasteiger partial charge is 0.358 e. The van der Waals surface area contributed by atoms with Crippen molar-refractivity contribution >= 4 is 29.5 Å². The maximum absolute atomic E-state index is 12.3. The van der Waals surface area contributed by atoms with Crippen LogP contribution >= 0.6 is 11.6 Å². The summed E-state index contributed by atoms with van der Waals surface area (Å²) in [5, 5.41) is 19.9. The third-order valence-electron chi connectivity index (χ3n) is 4.91. The van der Waals surface area contributed by atoms with Crippen LogP contribution in [0.1, 0.15) is 52.5 Å². The molecule has 1 aliphatic rings. The number of anilines is 1. The fourth-order valence-corrected chi connectivity index (χ4v) is 3.50. The lowest BCUT2D eigenvalue weighted by Gasteiger charge is -2.31. The lowest BCUT2D eigenvalue weighted by atomic mass is 10.0. The van der Waals surface area contributed by atoms with E-state index in [1.807, 2.05) is 54.6 Å². The first kappa shape index (κ1) is 32.1. The predicted molar refractivity (Wildman–Crippen MR) is 159 cm³/mol. The highest BCUT2D eigenvalue weighted by molar-refractivity contribution is 6.30. The Kier molecular flexibility index (Phi) is 15.5. The van der Waals surface area contributed by atoms with Crippen molar-refractivity contribution < 1.29 is 14.6 Å². The van der Waals surface area contributed by atoms with Crippen molar-refractivity contribution in [2.75, 3.05) is 11.9 Å². The number of rotatable bonds is 10. The van der Waals surface area contributed by atoms with E-state index in [-0.39, 0.29) is 24.6 Å². The van der Waals surface area contributed by atoms with E-state index in [4.69, 9.17) is 16.3 Å². The van der Waals surface area contributed by atoms with E-state index in [2.05, 4.69) is 44.0 Å². The fraction of sp³-hybridized carbons (Fsp3) is 0.290. The highest BCUT2D eigenvalue weighted by Gasteiger charge is 2.32. The van der Waals surface area contributed by atoms with E-state index >= 15 is 0 Å². The number of allylic oxidation sites excluding steroid dienone is 2. The van der Waals surface area contributed by atoms with Crippen LogP contribution in [0.15, 0.2) is 94.6 Å². The molecule has 0 radical (unpaired) electrons. The van der Waals surface area contributed by atoms with Crippen LogP contribution in [0.25, 0.3) is 0 Å². The van der Waals surface area contributed by atoms with E-state index < -0.39 is 5.97 Å². The van der Waals surface area contributed by atoms with E-state index in [0.29, 0.717) is 10.6 Å². The number of terminal acetylenes is 1. The monoisotopic (exact) mass is 535 g/mol. The van der Waals surface area contributed by atoms with Gasteiger partial charge in [-0.2, -0.15) is 5.10 Å². The van der Waals surface area contributed by atoms with Crippen LogP contribution in [-0.2, 0) is 16.1 Å². The van der Waals surface area contributed by atoms with Crippen LogP contribution in [0, 0.1) is 12.8 Å². The van der Waals surface area contributed by atoms with Gasteiger partial charge in [-0.05, 0) is 43.2 Å². The van der Waals surface area contributed by atoms with Crippen molar-refractivity contribution in [1.82, 2.24) is 5.01 Å². The Morgan fingerprint density at radius 1 is 1.13 bits per heavy atom. The topological polar surface area (TPSA) is 74.2 Å². The second-order valence-corrected chi connectivity index (χ2v) is 8.55. The quantitative estimate of drug-likeness (QED) is 0.239. The van der Waals surface area contributed by atoms with Crippen LogP contribution < -0.4 is 5.32 Å². The van der Waals surface area contributed by atoms with Crippen molar-refractivity contribution in [3.05, 3.63) is 100 Å².